The molecule has 0 aliphatic rings. The van der Waals surface area contributed by atoms with Gasteiger partial charge in [-0.15, -0.1) is 0 Å². The molecule has 0 spiro atoms. The van der Waals surface area contributed by atoms with Crippen LogP contribution in [0.3, 0.4) is 0 Å². The molecule has 0 fully saturated rings. The van der Waals surface area contributed by atoms with Gasteiger partial charge in [-0.1, -0.05) is 0 Å². The van der Waals surface area contributed by atoms with E-state index < -0.39 is 0 Å². The Morgan fingerprint density at radius 1 is 0.875 bits per heavy atom. The lowest BCUT2D eigenvalue weighted by Gasteiger charge is -2.20. The first kappa shape index (κ1) is 14.9. The normalized spacial score (nSPS) is 10.6. The van der Waals surface area contributed by atoms with Gasteiger partial charge in [-0.2, -0.15) is 0 Å². The van der Waals surface area contributed by atoms with Crippen LogP contribution >= 0.6 is 0 Å². The van der Waals surface area contributed by atoms with Crippen LogP contribution < -0.4 is 10.6 Å². The Balaban J connectivity index is 3.70. The molecule has 0 aromatic heterocycles. The van der Waals surface area contributed by atoms with Crippen molar-refractivity contribution in [1.29, 1.82) is 0 Å². The van der Waals surface area contributed by atoms with Crippen LogP contribution in [0.5, 0.6) is 0 Å². The highest BCUT2D eigenvalue weighted by Crippen LogP contribution is 1.86. The SMILES string of the molecule is CNC(=O)CN(C)CCN(C)CC(=O)NC. The molecule has 0 rings (SSSR count). The lowest BCUT2D eigenvalue weighted by molar-refractivity contribution is -0.122. The minimum absolute atomic E-state index is 0.00328. The number of nitrogens with zero attached hydrogens (tertiary/aromatic N) is 2. The second-order valence-electron chi connectivity index (χ2n) is 3.82. The van der Waals surface area contributed by atoms with Crippen LogP contribution in [0.2, 0.25) is 0 Å². The zero-order chi connectivity index (χ0) is 12.6. The molecule has 0 aliphatic carbocycles. The second-order valence-corrected chi connectivity index (χ2v) is 3.82. The topological polar surface area (TPSA) is 64.7 Å². The third-order valence-corrected chi connectivity index (χ3v) is 2.25. The van der Waals surface area contributed by atoms with Crippen molar-refractivity contribution in [3.8, 4) is 0 Å². The average molecular weight is 230 g/mol. The molecular formula is C10H22N4O2. The Bertz CT molecular complexity index is 209. The lowest BCUT2D eigenvalue weighted by Crippen LogP contribution is -2.40. The maximum Gasteiger partial charge on any atom is 0.233 e. The van der Waals surface area contributed by atoms with E-state index in [1.165, 1.54) is 0 Å². The van der Waals surface area contributed by atoms with E-state index in [1.807, 2.05) is 23.9 Å². The van der Waals surface area contributed by atoms with Gasteiger partial charge in [0, 0.05) is 27.2 Å². The molecule has 0 atom stereocenters. The molecule has 2 amide bonds. The Morgan fingerprint density at radius 2 is 1.19 bits per heavy atom. The summed E-state index contributed by atoms with van der Waals surface area (Å²) in [5.41, 5.74) is 0. The Hall–Kier alpha value is -1.14. The van der Waals surface area contributed by atoms with Gasteiger partial charge in [0.1, 0.15) is 0 Å². The maximum atomic E-state index is 11.1. The summed E-state index contributed by atoms with van der Waals surface area (Å²) in [4.78, 5) is 26.0. The van der Waals surface area contributed by atoms with Crippen molar-refractivity contribution in [2.45, 2.75) is 0 Å². The van der Waals surface area contributed by atoms with Crippen molar-refractivity contribution in [3.05, 3.63) is 0 Å². The predicted molar refractivity (Wildman–Crippen MR) is 63.1 cm³/mol. The minimum Gasteiger partial charge on any atom is -0.358 e. The van der Waals surface area contributed by atoms with E-state index in [1.54, 1.807) is 14.1 Å². The predicted octanol–water partition coefficient (Wildman–Crippen LogP) is -1.66. The Labute approximate surface area is 97.0 Å². The summed E-state index contributed by atoms with van der Waals surface area (Å²) in [7, 11) is 6.99. The zero-order valence-corrected chi connectivity index (χ0v) is 10.5. The molecule has 0 aromatic rings. The molecule has 0 unspecified atom stereocenters. The molecular weight excluding hydrogens is 208 g/mol. The van der Waals surface area contributed by atoms with Crippen LogP contribution in [0, 0.1) is 0 Å². The maximum absolute atomic E-state index is 11.1. The van der Waals surface area contributed by atoms with E-state index in [0.717, 1.165) is 13.1 Å². The van der Waals surface area contributed by atoms with Gasteiger partial charge in [-0.25, -0.2) is 0 Å². The summed E-state index contributed by atoms with van der Waals surface area (Å²) in [6.45, 7) is 2.26. The smallest absolute Gasteiger partial charge is 0.233 e. The Kier molecular flexibility index (Phi) is 7.49. The first-order valence-corrected chi connectivity index (χ1v) is 5.27. The van der Waals surface area contributed by atoms with Crippen molar-refractivity contribution in [2.75, 3.05) is 54.4 Å². The summed E-state index contributed by atoms with van der Waals surface area (Å²) in [5.74, 6) is -0.00657. The molecule has 0 heterocycles. The van der Waals surface area contributed by atoms with Gasteiger partial charge in [0.15, 0.2) is 0 Å². The van der Waals surface area contributed by atoms with Gasteiger partial charge in [0.05, 0.1) is 13.1 Å². The third kappa shape index (κ3) is 7.19. The first-order valence-electron chi connectivity index (χ1n) is 5.27. The molecule has 2 N–H and O–H groups in total. The highest BCUT2D eigenvalue weighted by Gasteiger charge is 2.07. The largest absolute Gasteiger partial charge is 0.358 e. The number of carbonyl (C=O) groups is 2. The van der Waals surface area contributed by atoms with Crippen molar-refractivity contribution in [1.82, 2.24) is 20.4 Å². The van der Waals surface area contributed by atoms with Crippen molar-refractivity contribution in [2.24, 2.45) is 0 Å². The van der Waals surface area contributed by atoms with Crippen LogP contribution in [0.25, 0.3) is 0 Å². The monoisotopic (exact) mass is 230 g/mol. The molecule has 0 saturated heterocycles. The minimum atomic E-state index is -0.00328. The highest BCUT2D eigenvalue weighted by molar-refractivity contribution is 5.78. The third-order valence-electron chi connectivity index (χ3n) is 2.25. The quantitative estimate of drug-likeness (QED) is 0.549. The fourth-order valence-corrected chi connectivity index (χ4v) is 1.15. The van der Waals surface area contributed by atoms with E-state index in [0.29, 0.717) is 13.1 Å². The lowest BCUT2D eigenvalue weighted by atomic mass is 10.4. The van der Waals surface area contributed by atoms with Gasteiger partial charge in [-0.05, 0) is 14.1 Å². The number of carbonyl (C=O) groups excluding carboxylic acids is 2. The molecule has 0 radical (unpaired) electrons. The number of nitrogens with one attached hydrogen (secondary N) is 2. The van der Waals surface area contributed by atoms with E-state index in [9.17, 15) is 9.59 Å². The molecule has 16 heavy (non-hydrogen) atoms. The van der Waals surface area contributed by atoms with Crippen molar-refractivity contribution in [3.63, 3.8) is 0 Å². The second kappa shape index (κ2) is 8.06. The molecule has 0 saturated carbocycles. The van der Waals surface area contributed by atoms with E-state index >= 15 is 0 Å². The molecule has 6 heteroatoms. The number of likely N-dealkylation sites (N-methyl/N-ethyl adjacent to an activating group) is 4. The number of hydrogen-bond acceptors (Lipinski definition) is 4. The molecule has 0 aromatic carbocycles. The van der Waals surface area contributed by atoms with Crippen molar-refractivity contribution >= 4 is 11.8 Å². The number of hydrogen-bond donors (Lipinski definition) is 2. The standard InChI is InChI=1S/C10H22N4O2/c1-11-9(15)7-13(3)5-6-14(4)8-10(16)12-2/h5-8H2,1-4H3,(H,11,15)(H,12,16). The van der Waals surface area contributed by atoms with Gasteiger partial charge in [0.25, 0.3) is 0 Å². The molecule has 94 valence electrons. The van der Waals surface area contributed by atoms with Gasteiger partial charge in [-0.3, -0.25) is 19.4 Å². The van der Waals surface area contributed by atoms with Gasteiger partial charge in [0.2, 0.25) is 11.8 Å². The summed E-state index contributed by atoms with van der Waals surface area (Å²) in [5, 5.41) is 5.13. The van der Waals surface area contributed by atoms with Gasteiger partial charge < -0.3 is 10.6 Å². The van der Waals surface area contributed by atoms with Crippen LogP contribution in [0.4, 0.5) is 0 Å². The fraction of sp³-hybridized carbons (Fsp3) is 0.800. The van der Waals surface area contributed by atoms with Gasteiger partial charge >= 0.3 is 0 Å². The van der Waals surface area contributed by atoms with E-state index in [2.05, 4.69) is 10.6 Å². The summed E-state index contributed by atoms with van der Waals surface area (Å²) >= 11 is 0. The molecule has 0 bridgehead atoms. The summed E-state index contributed by atoms with van der Waals surface area (Å²) in [6.07, 6.45) is 0. The average Bonchev–Trinajstić information content (AvgIpc) is 2.26. The molecule has 0 aliphatic heterocycles. The summed E-state index contributed by atoms with van der Waals surface area (Å²) in [6, 6.07) is 0. The van der Waals surface area contributed by atoms with Crippen LogP contribution in [0.1, 0.15) is 0 Å². The van der Waals surface area contributed by atoms with E-state index in [-0.39, 0.29) is 11.8 Å². The highest BCUT2D eigenvalue weighted by atomic mass is 16.2. The summed E-state index contributed by atoms with van der Waals surface area (Å²) < 4.78 is 0. The number of amides is 2. The van der Waals surface area contributed by atoms with Crippen LogP contribution in [0.15, 0.2) is 0 Å². The molecule has 6 nitrogen and oxygen atoms in total. The first-order chi connectivity index (χ1) is 7.49. The van der Waals surface area contributed by atoms with Crippen molar-refractivity contribution < 1.29 is 9.59 Å². The fourth-order valence-electron chi connectivity index (χ4n) is 1.15. The number of rotatable bonds is 7. The van der Waals surface area contributed by atoms with Crippen LogP contribution in [-0.4, -0.2) is 76.0 Å². The van der Waals surface area contributed by atoms with Crippen LogP contribution in [-0.2, 0) is 9.59 Å². The Morgan fingerprint density at radius 3 is 1.44 bits per heavy atom. The zero-order valence-electron chi connectivity index (χ0n) is 10.5. The van der Waals surface area contributed by atoms with E-state index in [4.69, 9.17) is 0 Å².